The Bertz CT molecular complexity index is 871. The van der Waals surface area contributed by atoms with E-state index in [0.717, 1.165) is 25.7 Å². The van der Waals surface area contributed by atoms with Gasteiger partial charge < -0.3 is 5.32 Å². The lowest BCUT2D eigenvalue weighted by atomic mass is 10.2. The number of hydrogen-bond donors (Lipinski definition) is 1. The number of anilines is 1. The van der Waals surface area contributed by atoms with Crippen molar-refractivity contribution in [1.29, 1.82) is 0 Å². The van der Waals surface area contributed by atoms with E-state index >= 15 is 0 Å². The van der Waals surface area contributed by atoms with Crippen LogP contribution in [-0.4, -0.2) is 11.7 Å². The van der Waals surface area contributed by atoms with Gasteiger partial charge in [-0.1, -0.05) is 76.2 Å². The van der Waals surface area contributed by atoms with E-state index in [-0.39, 0.29) is 5.91 Å². The largest absolute Gasteiger partial charge is 0.324 e. The molecule has 0 saturated heterocycles. The Balaban J connectivity index is 1.57. The van der Waals surface area contributed by atoms with Crippen LogP contribution in [0.1, 0.15) is 5.56 Å². The van der Waals surface area contributed by atoms with Gasteiger partial charge in [-0.05, 0) is 35.9 Å². The molecule has 0 radical (unpaired) electrons. The van der Waals surface area contributed by atoms with Gasteiger partial charge in [0, 0.05) is 20.0 Å². The molecule has 3 aromatic carbocycles. The highest BCUT2D eigenvalue weighted by atomic mass is 79.9. The molecule has 0 unspecified atom stereocenters. The van der Waals surface area contributed by atoms with Gasteiger partial charge in [0.1, 0.15) is 0 Å². The van der Waals surface area contributed by atoms with Gasteiger partial charge in [0.15, 0.2) is 0 Å². The van der Waals surface area contributed by atoms with Crippen LogP contribution in [0.3, 0.4) is 0 Å². The highest BCUT2D eigenvalue weighted by Crippen LogP contribution is 2.33. The molecule has 132 valence electrons. The van der Waals surface area contributed by atoms with Crippen molar-refractivity contribution >= 4 is 51.0 Å². The van der Waals surface area contributed by atoms with Gasteiger partial charge in [0.25, 0.3) is 0 Å². The van der Waals surface area contributed by atoms with Crippen molar-refractivity contribution in [3.05, 3.63) is 88.9 Å². The first-order chi connectivity index (χ1) is 12.7. The molecular weight excluding hydrogens is 426 g/mol. The van der Waals surface area contributed by atoms with Gasteiger partial charge in [-0.2, -0.15) is 0 Å². The average Bonchev–Trinajstić information content (AvgIpc) is 2.66. The fourth-order valence-electron chi connectivity index (χ4n) is 2.33. The van der Waals surface area contributed by atoms with Crippen LogP contribution in [0.25, 0.3) is 0 Å². The van der Waals surface area contributed by atoms with E-state index < -0.39 is 0 Å². The van der Waals surface area contributed by atoms with Crippen LogP contribution < -0.4 is 5.32 Å². The van der Waals surface area contributed by atoms with E-state index in [9.17, 15) is 4.79 Å². The third-order valence-electron chi connectivity index (χ3n) is 3.58. The van der Waals surface area contributed by atoms with Gasteiger partial charge in [-0.15, -0.1) is 11.8 Å². The Labute approximate surface area is 170 Å². The monoisotopic (exact) mass is 443 g/mol. The van der Waals surface area contributed by atoms with Gasteiger partial charge in [-0.25, -0.2) is 0 Å². The molecule has 1 amide bonds. The van der Waals surface area contributed by atoms with E-state index in [1.807, 2.05) is 60.7 Å². The fraction of sp³-hybridized carbons (Fsp3) is 0.0952. The molecule has 0 heterocycles. The Morgan fingerprint density at radius 1 is 0.885 bits per heavy atom. The van der Waals surface area contributed by atoms with Gasteiger partial charge in [0.05, 0.1) is 11.4 Å². The lowest BCUT2D eigenvalue weighted by molar-refractivity contribution is -0.113. The molecular formula is C21H18BrNOS2. The van der Waals surface area contributed by atoms with Crippen molar-refractivity contribution in [2.24, 2.45) is 0 Å². The number of rotatable bonds is 7. The second-order valence-corrected chi connectivity index (χ2v) is 8.50. The molecule has 5 heteroatoms. The number of halogens is 1. The summed E-state index contributed by atoms with van der Waals surface area (Å²) in [6.45, 7) is 0. The Morgan fingerprint density at radius 3 is 2.38 bits per heavy atom. The summed E-state index contributed by atoms with van der Waals surface area (Å²) in [4.78, 5) is 14.5. The Hall–Kier alpha value is -1.69. The molecule has 3 rings (SSSR count). The number of carbonyl (C=O) groups excluding carboxylic acids is 1. The summed E-state index contributed by atoms with van der Waals surface area (Å²) in [5, 5.41) is 3.04. The molecule has 0 fully saturated rings. The standard InChI is InChI=1S/C21H18BrNOS2/c22-18-11-5-4-8-16(18)14-25-15-21(24)23-19-12-6-7-13-20(19)26-17-9-2-1-3-10-17/h1-13H,14-15H2,(H,23,24). The summed E-state index contributed by atoms with van der Waals surface area (Å²) < 4.78 is 1.08. The zero-order chi connectivity index (χ0) is 18.2. The third kappa shape index (κ3) is 5.66. The molecule has 26 heavy (non-hydrogen) atoms. The highest BCUT2D eigenvalue weighted by molar-refractivity contribution is 9.10. The lowest BCUT2D eigenvalue weighted by Crippen LogP contribution is -2.14. The van der Waals surface area contributed by atoms with Gasteiger partial charge in [0.2, 0.25) is 5.91 Å². The second-order valence-electron chi connectivity index (χ2n) is 5.54. The van der Waals surface area contributed by atoms with Crippen molar-refractivity contribution in [2.75, 3.05) is 11.1 Å². The first-order valence-corrected chi connectivity index (χ1v) is 10.9. The van der Waals surface area contributed by atoms with Gasteiger partial charge >= 0.3 is 0 Å². The molecule has 0 saturated carbocycles. The number of carbonyl (C=O) groups is 1. The maximum absolute atomic E-state index is 12.3. The minimum Gasteiger partial charge on any atom is -0.324 e. The highest BCUT2D eigenvalue weighted by Gasteiger charge is 2.09. The van der Waals surface area contributed by atoms with E-state index in [2.05, 4.69) is 39.4 Å². The molecule has 0 aliphatic rings. The average molecular weight is 444 g/mol. The number of amides is 1. The van der Waals surface area contributed by atoms with Crippen molar-refractivity contribution in [3.8, 4) is 0 Å². The maximum atomic E-state index is 12.3. The van der Waals surface area contributed by atoms with E-state index in [4.69, 9.17) is 0 Å². The van der Waals surface area contributed by atoms with E-state index in [1.54, 1.807) is 23.5 Å². The molecule has 0 atom stereocenters. The Kier molecular flexibility index (Phi) is 7.23. The number of nitrogens with one attached hydrogen (secondary N) is 1. The zero-order valence-electron chi connectivity index (χ0n) is 14.0. The van der Waals surface area contributed by atoms with Crippen LogP contribution in [0.2, 0.25) is 0 Å². The molecule has 1 N–H and O–H groups in total. The summed E-state index contributed by atoms with van der Waals surface area (Å²) in [5.74, 6) is 1.24. The number of benzene rings is 3. The predicted octanol–water partition coefficient (Wildman–Crippen LogP) is 6.47. The summed E-state index contributed by atoms with van der Waals surface area (Å²) >= 11 is 6.80. The van der Waals surface area contributed by atoms with Crippen LogP contribution in [0.4, 0.5) is 5.69 Å². The molecule has 0 aromatic heterocycles. The maximum Gasteiger partial charge on any atom is 0.234 e. The normalized spacial score (nSPS) is 10.5. The van der Waals surface area contributed by atoms with Crippen molar-refractivity contribution in [2.45, 2.75) is 15.5 Å². The van der Waals surface area contributed by atoms with E-state index in [1.165, 1.54) is 5.56 Å². The van der Waals surface area contributed by atoms with Crippen LogP contribution in [-0.2, 0) is 10.5 Å². The predicted molar refractivity (Wildman–Crippen MR) is 116 cm³/mol. The molecule has 0 aliphatic carbocycles. The molecule has 0 bridgehead atoms. The number of thioether (sulfide) groups is 1. The van der Waals surface area contributed by atoms with Crippen LogP contribution >= 0.6 is 39.5 Å². The quantitative estimate of drug-likeness (QED) is 0.453. The van der Waals surface area contributed by atoms with Crippen LogP contribution in [0.15, 0.2) is 93.1 Å². The summed E-state index contributed by atoms with van der Waals surface area (Å²) in [6.07, 6.45) is 0. The summed E-state index contributed by atoms with van der Waals surface area (Å²) in [7, 11) is 0. The third-order valence-corrected chi connectivity index (χ3v) is 6.42. The van der Waals surface area contributed by atoms with Crippen LogP contribution in [0, 0.1) is 0 Å². The molecule has 2 nitrogen and oxygen atoms in total. The van der Waals surface area contributed by atoms with Crippen molar-refractivity contribution in [1.82, 2.24) is 0 Å². The first-order valence-electron chi connectivity index (χ1n) is 8.15. The Morgan fingerprint density at radius 2 is 1.58 bits per heavy atom. The topological polar surface area (TPSA) is 29.1 Å². The smallest absolute Gasteiger partial charge is 0.234 e. The molecule has 0 aliphatic heterocycles. The molecule has 0 spiro atoms. The zero-order valence-corrected chi connectivity index (χ0v) is 17.2. The minimum absolute atomic E-state index is 0.0168. The van der Waals surface area contributed by atoms with Gasteiger partial charge in [-0.3, -0.25) is 4.79 Å². The fourth-order valence-corrected chi connectivity index (χ4v) is 4.69. The van der Waals surface area contributed by atoms with Crippen molar-refractivity contribution < 1.29 is 4.79 Å². The van der Waals surface area contributed by atoms with Crippen LogP contribution in [0.5, 0.6) is 0 Å². The first kappa shape index (κ1) is 19.1. The van der Waals surface area contributed by atoms with E-state index in [0.29, 0.717) is 5.75 Å². The summed E-state index contributed by atoms with van der Waals surface area (Å²) in [6, 6.07) is 26.2. The van der Waals surface area contributed by atoms with Crippen molar-refractivity contribution in [3.63, 3.8) is 0 Å². The second kappa shape index (κ2) is 9.86. The molecule has 3 aromatic rings. The minimum atomic E-state index is 0.0168. The number of para-hydroxylation sites is 1. The SMILES string of the molecule is O=C(CSCc1ccccc1Br)Nc1ccccc1Sc1ccccc1. The number of hydrogen-bond acceptors (Lipinski definition) is 3. The lowest BCUT2D eigenvalue weighted by Gasteiger charge is -2.11. The summed E-state index contributed by atoms with van der Waals surface area (Å²) in [5.41, 5.74) is 2.05.